The third kappa shape index (κ3) is 4.05. The lowest BCUT2D eigenvalue weighted by molar-refractivity contribution is 0.0948. The Labute approximate surface area is 118 Å². The number of hydrogen-bond acceptors (Lipinski definition) is 4. The number of unbranched alkanes of at least 4 members (excludes halogenated alkanes) is 1. The van der Waals surface area contributed by atoms with E-state index < -0.39 is 0 Å². The molecule has 0 saturated heterocycles. The molecule has 1 heterocycles. The van der Waals surface area contributed by atoms with Gasteiger partial charge < -0.3 is 10.6 Å². The van der Waals surface area contributed by atoms with Crippen molar-refractivity contribution in [3.63, 3.8) is 0 Å². The van der Waals surface area contributed by atoms with Crippen LogP contribution in [0.5, 0.6) is 0 Å². The summed E-state index contributed by atoms with van der Waals surface area (Å²) in [6, 6.07) is 11.3. The lowest BCUT2D eigenvalue weighted by Gasteiger charge is -2.07. The molecule has 2 aromatic rings. The van der Waals surface area contributed by atoms with Crippen LogP contribution in [0, 0.1) is 0 Å². The second-order valence-electron chi connectivity index (χ2n) is 4.39. The molecule has 0 atom stereocenters. The summed E-state index contributed by atoms with van der Waals surface area (Å²) >= 11 is 0. The first-order valence-electron chi connectivity index (χ1n) is 6.72. The van der Waals surface area contributed by atoms with Crippen LogP contribution in [0.1, 0.15) is 30.3 Å². The molecule has 1 aromatic heterocycles. The number of hydrogen-bond donors (Lipinski definition) is 2. The van der Waals surface area contributed by atoms with Gasteiger partial charge in [-0.05, 0) is 18.6 Å². The summed E-state index contributed by atoms with van der Waals surface area (Å²) < 4.78 is 0. The van der Waals surface area contributed by atoms with E-state index in [0.717, 1.165) is 18.5 Å². The minimum atomic E-state index is -0.169. The number of carbonyl (C=O) groups is 1. The molecular weight excluding hydrogens is 252 g/mol. The Morgan fingerprint density at radius 3 is 2.75 bits per heavy atom. The Balaban J connectivity index is 2.02. The number of rotatable bonds is 6. The second kappa shape index (κ2) is 7.23. The fourth-order valence-corrected chi connectivity index (χ4v) is 1.69. The van der Waals surface area contributed by atoms with E-state index in [4.69, 9.17) is 0 Å². The van der Waals surface area contributed by atoms with Gasteiger partial charge in [0, 0.05) is 18.3 Å². The summed E-state index contributed by atoms with van der Waals surface area (Å²) in [4.78, 5) is 20.0. The lowest BCUT2D eigenvalue weighted by Crippen LogP contribution is -2.25. The number of amides is 1. The highest BCUT2D eigenvalue weighted by Gasteiger charge is 2.07. The van der Waals surface area contributed by atoms with Gasteiger partial charge in [-0.2, -0.15) is 0 Å². The topological polar surface area (TPSA) is 66.9 Å². The monoisotopic (exact) mass is 270 g/mol. The molecule has 0 aliphatic carbocycles. The number of carbonyl (C=O) groups excluding carboxylic acids is 1. The fourth-order valence-electron chi connectivity index (χ4n) is 1.69. The predicted octanol–water partition coefficient (Wildman–Crippen LogP) is 2.75. The highest BCUT2D eigenvalue weighted by molar-refractivity contribution is 5.92. The SMILES string of the molecule is CCCCNC(=O)c1cc(Nc2ccccc2)ncn1. The van der Waals surface area contributed by atoms with Gasteiger partial charge in [-0.25, -0.2) is 9.97 Å². The fraction of sp³-hybridized carbons (Fsp3) is 0.267. The molecule has 2 N–H and O–H groups in total. The number of nitrogens with one attached hydrogen (secondary N) is 2. The first-order valence-corrected chi connectivity index (χ1v) is 6.72. The lowest BCUT2D eigenvalue weighted by atomic mass is 10.3. The van der Waals surface area contributed by atoms with Crippen LogP contribution in [0.15, 0.2) is 42.7 Å². The number of para-hydroxylation sites is 1. The Hall–Kier alpha value is -2.43. The minimum Gasteiger partial charge on any atom is -0.351 e. The van der Waals surface area contributed by atoms with Crippen LogP contribution < -0.4 is 10.6 Å². The summed E-state index contributed by atoms with van der Waals surface area (Å²) in [5.41, 5.74) is 1.29. The van der Waals surface area contributed by atoms with Crippen LogP contribution >= 0.6 is 0 Å². The normalized spacial score (nSPS) is 10.1. The molecule has 20 heavy (non-hydrogen) atoms. The van der Waals surface area contributed by atoms with Crippen molar-refractivity contribution in [3.8, 4) is 0 Å². The Kier molecular flexibility index (Phi) is 5.06. The van der Waals surface area contributed by atoms with Gasteiger partial charge in [0.2, 0.25) is 0 Å². The third-order valence-corrected chi connectivity index (χ3v) is 2.76. The Morgan fingerprint density at radius 2 is 2.00 bits per heavy atom. The summed E-state index contributed by atoms with van der Waals surface area (Å²) in [5, 5.41) is 5.97. The van der Waals surface area contributed by atoms with Crippen LogP contribution in [0.4, 0.5) is 11.5 Å². The number of aromatic nitrogens is 2. The quantitative estimate of drug-likeness (QED) is 0.792. The molecule has 0 aliphatic rings. The highest BCUT2D eigenvalue weighted by Crippen LogP contribution is 2.13. The standard InChI is InChI=1S/C15H18N4O/c1-2-3-9-16-15(20)13-10-14(18-11-17-13)19-12-7-5-4-6-8-12/h4-8,10-11H,2-3,9H2,1H3,(H,16,20)(H,17,18,19). The Morgan fingerprint density at radius 1 is 1.20 bits per heavy atom. The Bertz CT molecular complexity index is 557. The molecule has 0 saturated carbocycles. The smallest absolute Gasteiger partial charge is 0.270 e. The van der Waals surface area contributed by atoms with Gasteiger partial charge in [-0.3, -0.25) is 4.79 Å². The van der Waals surface area contributed by atoms with E-state index in [2.05, 4.69) is 27.5 Å². The van der Waals surface area contributed by atoms with E-state index in [1.165, 1.54) is 6.33 Å². The number of benzene rings is 1. The van der Waals surface area contributed by atoms with E-state index in [0.29, 0.717) is 18.1 Å². The zero-order valence-corrected chi connectivity index (χ0v) is 11.5. The van der Waals surface area contributed by atoms with Crippen molar-refractivity contribution in [2.45, 2.75) is 19.8 Å². The molecule has 5 heteroatoms. The van der Waals surface area contributed by atoms with Crippen LogP contribution in [0.3, 0.4) is 0 Å². The van der Waals surface area contributed by atoms with E-state index in [9.17, 15) is 4.79 Å². The van der Waals surface area contributed by atoms with Crippen molar-refractivity contribution < 1.29 is 4.79 Å². The second-order valence-corrected chi connectivity index (χ2v) is 4.39. The van der Waals surface area contributed by atoms with Gasteiger partial charge in [0.25, 0.3) is 5.91 Å². The van der Waals surface area contributed by atoms with Crippen LogP contribution in [0.25, 0.3) is 0 Å². The van der Waals surface area contributed by atoms with Gasteiger partial charge >= 0.3 is 0 Å². The maximum Gasteiger partial charge on any atom is 0.270 e. The average molecular weight is 270 g/mol. The molecule has 0 fully saturated rings. The largest absolute Gasteiger partial charge is 0.351 e. The minimum absolute atomic E-state index is 0.169. The number of nitrogens with zero attached hydrogens (tertiary/aromatic N) is 2. The van der Waals surface area contributed by atoms with E-state index in [1.54, 1.807) is 6.07 Å². The molecule has 0 aliphatic heterocycles. The van der Waals surface area contributed by atoms with Gasteiger partial charge in [-0.15, -0.1) is 0 Å². The van der Waals surface area contributed by atoms with Crippen LogP contribution in [-0.2, 0) is 0 Å². The molecular formula is C15H18N4O. The molecule has 0 spiro atoms. The van der Waals surface area contributed by atoms with Gasteiger partial charge in [0.05, 0.1) is 0 Å². The van der Waals surface area contributed by atoms with Crippen molar-refractivity contribution in [1.29, 1.82) is 0 Å². The summed E-state index contributed by atoms with van der Waals surface area (Å²) in [5.74, 6) is 0.434. The molecule has 0 unspecified atom stereocenters. The first-order chi connectivity index (χ1) is 9.79. The molecule has 0 bridgehead atoms. The zero-order chi connectivity index (χ0) is 14.2. The first kappa shape index (κ1) is 14.0. The van der Waals surface area contributed by atoms with E-state index >= 15 is 0 Å². The summed E-state index contributed by atoms with van der Waals surface area (Å²) in [6.07, 6.45) is 3.40. The van der Waals surface area contributed by atoms with Crippen molar-refractivity contribution in [1.82, 2.24) is 15.3 Å². The van der Waals surface area contributed by atoms with E-state index in [-0.39, 0.29) is 5.91 Å². The van der Waals surface area contributed by atoms with Gasteiger partial charge in [0.15, 0.2) is 0 Å². The average Bonchev–Trinajstić information content (AvgIpc) is 2.49. The molecule has 104 valence electrons. The van der Waals surface area contributed by atoms with Crippen LogP contribution in [-0.4, -0.2) is 22.4 Å². The summed E-state index contributed by atoms with van der Waals surface area (Å²) in [6.45, 7) is 2.75. The van der Waals surface area contributed by atoms with Crippen molar-refractivity contribution >= 4 is 17.4 Å². The van der Waals surface area contributed by atoms with Crippen molar-refractivity contribution in [3.05, 3.63) is 48.4 Å². The zero-order valence-electron chi connectivity index (χ0n) is 11.5. The predicted molar refractivity (Wildman–Crippen MR) is 79.0 cm³/mol. The molecule has 0 radical (unpaired) electrons. The molecule has 1 aromatic carbocycles. The molecule has 2 rings (SSSR count). The van der Waals surface area contributed by atoms with E-state index in [1.807, 2.05) is 30.3 Å². The maximum atomic E-state index is 11.9. The summed E-state index contributed by atoms with van der Waals surface area (Å²) in [7, 11) is 0. The van der Waals surface area contributed by atoms with Gasteiger partial charge in [-0.1, -0.05) is 31.5 Å². The molecule has 5 nitrogen and oxygen atoms in total. The third-order valence-electron chi connectivity index (χ3n) is 2.76. The van der Waals surface area contributed by atoms with Crippen molar-refractivity contribution in [2.24, 2.45) is 0 Å². The van der Waals surface area contributed by atoms with Crippen LogP contribution in [0.2, 0.25) is 0 Å². The van der Waals surface area contributed by atoms with Gasteiger partial charge in [0.1, 0.15) is 17.8 Å². The number of anilines is 2. The molecule has 1 amide bonds. The van der Waals surface area contributed by atoms with Crippen molar-refractivity contribution in [2.75, 3.05) is 11.9 Å². The maximum absolute atomic E-state index is 11.9. The highest BCUT2D eigenvalue weighted by atomic mass is 16.1.